The van der Waals surface area contributed by atoms with Crippen molar-refractivity contribution in [2.75, 3.05) is 13.7 Å². The average molecular weight is 393 g/mol. The number of phenolic OH excluding ortho intramolecular Hbond substituents is 1. The van der Waals surface area contributed by atoms with Gasteiger partial charge in [-0.2, -0.15) is 0 Å². The monoisotopic (exact) mass is 393 g/mol. The highest BCUT2D eigenvalue weighted by molar-refractivity contribution is 5.99. The molecule has 6 nitrogen and oxygen atoms in total. The van der Waals surface area contributed by atoms with Crippen LogP contribution in [0.1, 0.15) is 52.2 Å². The molecule has 6 heteroatoms. The second kappa shape index (κ2) is 6.95. The maximum atomic E-state index is 13.5. The van der Waals surface area contributed by atoms with Gasteiger partial charge in [0, 0.05) is 6.54 Å². The van der Waals surface area contributed by atoms with E-state index < -0.39 is 6.04 Å². The van der Waals surface area contributed by atoms with Crippen LogP contribution in [-0.4, -0.2) is 29.6 Å². The molecule has 1 aliphatic rings. The summed E-state index contributed by atoms with van der Waals surface area (Å²) in [6, 6.07) is 8.03. The molecule has 0 spiro atoms. The van der Waals surface area contributed by atoms with E-state index in [2.05, 4.69) is 0 Å². The second-order valence-corrected chi connectivity index (χ2v) is 7.46. The van der Waals surface area contributed by atoms with E-state index >= 15 is 0 Å². The zero-order chi connectivity index (χ0) is 20.9. The summed E-state index contributed by atoms with van der Waals surface area (Å²) in [4.78, 5) is 28.3. The molecule has 0 radical (unpaired) electrons. The first kappa shape index (κ1) is 19.1. The minimum absolute atomic E-state index is 0.000339. The minimum Gasteiger partial charge on any atom is -0.504 e. The van der Waals surface area contributed by atoms with Gasteiger partial charge >= 0.3 is 0 Å². The van der Waals surface area contributed by atoms with Gasteiger partial charge in [-0.15, -0.1) is 0 Å². The third-order valence-corrected chi connectivity index (χ3v) is 5.38. The van der Waals surface area contributed by atoms with Crippen LogP contribution >= 0.6 is 0 Å². The number of phenols is 1. The number of carbonyl (C=O) groups excluding carboxylic acids is 1. The normalized spacial score (nSPS) is 15.8. The number of ether oxygens (including phenoxy) is 1. The summed E-state index contributed by atoms with van der Waals surface area (Å²) >= 11 is 0. The molecule has 2 heterocycles. The van der Waals surface area contributed by atoms with Gasteiger partial charge in [-0.05, 0) is 55.2 Å². The molecule has 0 saturated heterocycles. The lowest BCUT2D eigenvalue weighted by atomic mass is 9.97. The Hall–Kier alpha value is -3.28. The molecule has 29 heavy (non-hydrogen) atoms. The zero-order valence-electron chi connectivity index (χ0n) is 16.9. The van der Waals surface area contributed by atoms with Crippen molar-refractivity contribution in [3.05, 3.63) is 68.6 Å². The van der Waals surface area contributed by atoms with E-state index in [1.54, 1.807) is 23.1 Å². The molecule has 1 aliphatic heterocycles. The Morgan fingerprint density at radius 2 is 1.93 bits per heavy atom. The molecule has 0 fully saturated rings. The maximum absolute atomic E-state index is 13.5. The SMILES string of the molecule is CCCN1C(=O)c2oc3c(C)cc(C)cc3c(=O)c2C1c1ccc(O)c(OC)c1. The highest BCUT2D eigenvalue weighted by Crippen LogP contribution is 2.41. The quantitative estimate of drug-likeness (QED) is 0.722. The Morgan fingerprint density at radius 1 is 1.17 bits per heavy atom. The van der Waals surface area contributed by atoms with Crippen LogP contribution < -0.4 is 10.2 Å². The number of benzene rings is 2. The second-order valence-electron chi connectivity index (χ2n) is 7.46. The Kier molecular flexibility index (Phi) is 4.57. The highest BCUT2D eigenvalue weighted by atomic mass is 16.5. The van der Waals surface area contributed by atoms with Crippen LogP contribution in [-0.2, 0) is 0 Å². The molecule has 4 rings (SSSR count). The fourth-order valence-corrected chi connectivity index (χ4v) is 4.16. The standard InChI is InChI=1S/C23H23NO5/c1-5-8-24-19(14-6-7-16(25)17(11-14)28-4)18-20(26)15-10-12(2)9-13(3)21(15)29-22(18)23(24)27/h6-7,9-11,19,25H,5,8H2,1-4H3. The lowest BCUT2D eigenvalue weighted by Gasteiger charge is -2.25. The van der Waals surface area contributed by atoms with E-state index in [1.807, 2.05) is 26.8 Å². The first-order valence-corrected chi connectivity index (χ1v) is 9.63. The van der Waals surface area contributed by atoms with Gasteiger partial charge in [-0.25, -0.2) is 0 Å². The zero-order valence-corrected chi connectivity index (χ0v) is 16.9. The molecule has 0 aliphatic carbocycles. The number of hydrogen-bond acceptors (Lipinski definition) is 5. The van der Waals surface area contributed by atoms with Crippen molar-refractivity contribution in [3.63, 3.8) is 0 Å². The Bertz CT molecular complexity index is 1190. The van der Waals surface area contributed by atoms with Crippen molar-refractivity contribution in [1.29, 1.82) is 0 Å². The van der Waals surface area contributed by atoms with Gasteiger partial charge in [0.2, 0.25) is 5.76 Å². The summed E-state index contributed by atoms with van der Waals surface area (Å²) in [6.07, 6.45) is 0.733. The molecular formula is C23H23NO5. The highest BCUT2D eigenvalue weighted by Gasteiger charge is 2.42. The Morgan fingerprint density at radius 3 is 2.62 bits per heavy atom. The molecule has 0 bridgehead atoms. The molecule has 1 N–H and O–H groups in total. The van der Waals surface area contributed by atoms with Gasteiger partial charge in [-0.3, -0.25) is 9.59 Å². The van der Waals surface area contributed by atoms with Crippen molar-refractivity contribution in [2.45, 2.75) is 33.2 Å². The molecule has 0 saturated carbocycles. The third kappa shape index (κ3) is 2.87. The molecule has 2 aromatic carbocycles. The van der Waals surface area contributed by atoms with Crippen molar-refractivity contribution >= 4 is 16.9 Å². The Balaban J connectivity index is 2.03. The van der Waals surface area contributed by atoms with Gasteiger partial charge in [0.25, 0.3) is 5.91 Å². The van der Waals surface area contributed by atoms with Crippen LogP contribution in [0, 0.1) is 13.8 Å². The average Bonchev–Trinajstić information content (AvgIpc) is 2.96. The molecule has 1 aromatic heterocycles. The summed E-state index contributed by atoms with van der Waals surface area (Å²) in [6.45, 7) is 6.25. The van der Waals surface area contributed by atoms with Crippen molar-refractivity contribution < 1.29 is 19.1 Å². The number of aromatic hydroxyl groups is 1. The van der Waals surface area contributed by atoms with E-state index in [4.69, 9.17) is 9.15 Å². The number of nitrogens with zero attached hydrogens (tertiary/aromatic N) is 1. The number of rotatable bonds is 4. The lowest BCUT2D eigenvalue weighted by molar-refractivity contribution is 0.0728. The van der Waals surface area contributed by atoms with Crippen LogP contribution in [0.4, 0.5) is 0 Å². The first-order valence-electron chi connectivity index (χ1n) is 9.63. The van der Waals surface area contributed by atoms with Crippen molar-refractivity contribution in [1.82, 2.24) is 4.90 Å². The van der Waals surface area contributed by atoms with Gasteiger partial charge in [0.15, 0.2) is 16.9 Å². The van der Waals surface area contributed by atoms with E-state index in [9.17, 15) is 14.7 Å². The molecule has 3 aromatic rings. The van der Waals surface area contributed by atoms with E-state index in [-0.39, 0.29) is 28.6 Å². The molecule has 1 atom stereocenters. The first-order chi connectivity index (χ1) is 13.9. The fraction of sp³-hybridized carbons (Fsp3) is 0.304. The van der Waals surface area contributed by atoms with Crippen molar-refractivity contribution in [2.24, 2.45) is 0 Å². The van der Waals surface area contributed by atoms with Gasteiger partial charge in [0.1, 0.15) is 5.58 Å². The largest absolute Gasteiger partial charge is 0.504 e. The fourth-order valence-electron chi connectivity index (χ4n) is 4.16. The molecular weight excluding hydrogens is 370 g/mol. The summed E-state index contributed by atoms with van der Waals surface area (Å²) in [7, 11) is 1.46. The topological polar surface area (TPSA) is 80.0 Å². The molecule has 150 valence electrons. The Labute approximate surface area is 168 Å². The summed E-state index contributed by atoms with van der Waals surface area (Å²) in [5, 5.41) is 10.4. The molecule has 1 amide bonds. The van der Waals surface area contributed by atoms with Gasteiger partial charge in [0.05, 0.1) is 24.1 Å². The number of carbonyl (C=O) groups is 1. The summed E-state index contributed by atoms with van der Waals surface area (Å²) in [5.74, 6) is 0.0918. The molecule has 1 unspecified atom stereocenters. The number of hydrogen-bond donors (Lipinski definition) is 1. The van der Waals surface area contributed by atoms with Crippen LogP contribution in [0.25, 0.3) is 11.0 Å². The van der Waals surface area contributed by atoms with Gasteiger partial charge < -0.3 is 19.2 Å². The maximum Gasteiger partial charge on any atom is 0.290 e. The van der Waals surface area contributed by atoms with Crippen LogP contribution in [0.5, 0.6) is 11.5 Å². The predicted molar refractivity (Wildman–Crippen MR) is 110 cm³/mol. The lowest BCUT2D eigenvalue weighted by Crippen LogP contribution is -2.30. The summed E-state index contributed by atoms with van der Waals surface area (Å²) in [5.41, 5.74) is 3.07. The third-order valence-electron chi connectivity index (χ3n) is 5.38. The van der Waals surface area contributed by atoms with Crippen LogP contribution in [0.2, 0.25) is 0 Å². The van der Waals surface area contributed by atoms with E-state index in [0.29, 0.717) is 28.6 Å². The van der Waals surface area contributed by atoms with E-state index in [1.165, 1.54) is 13.2 Å². The number of fused-ring (bicyclic) bond motifs is 2. The number of amides is 1. The smallest absolute Gasteiger partial charge is 0.290 e. The number of aryl methyl sites for hydroxylation is 2. The summed E-state index contributed by atoms with van der Waals surface area (Å²) < 4.78 is 11.3. The van der Waals surface area contributed by atoms with Gasteiger partial charge in [-0.1, -0.05) is 19.1 Å². The van der Waals surface area contributed by atoms with Crippen molar-refractivity contribution in [3.8, 4) is 11.5 Å². The predicted octanol–water partition coefficient (Wildman–Crippen LogP) is 4.08. The number of methoxy groups -OCH3 is 1. The minimum atomic E-state index is -0.589. The van der Waals surface area contributed by atoms with E-state index in [0.717, 1.165) is 17.5 Å². The van der Waals surface area contributed by atoms with Crippen LogP contribution in [0.15, 0.2) is 39.5 Å². The van der Waals surface area contributed by atoms with Crippen LogP contribution in [0.3, 0.4) is 0 Å².